The van der Waals surface area contributed by atoms with E-state index in [1.807, 2.05) is 6.92 Å². The van der Waals surface area contributed by atoms with Crippen molar-refractivity contribution in [2.75, 3.05) is 6.54 Å². The van der Waals surface area contributed by atoms with E-state index in [0.29, 0.717) is 12.2 Å². The fourth-order valence-electron chi connectivity index (χ4n) is 1.45. The molecule has 1 aliphatic rings. The Morgan fingerprint density at radius 3 is 2.92 bits per heavy atom. The van der Waals surface area contributed by atoms with Crippen LogP contribution in [0.2, 0.25) is 0 Å². The van der Waals surface area contributed by atoms with Crippen LogP contribution in [0.4, 0.5) is 0 Å². The van der Waals surface area contributed by atoms with Gasteiger partial charge in [0.1, 0.15) is 0 Å². The van der Waals surface area contributed by atoms with Gasteiger partial charge in [-0.15, -0.1) is 0 Å². The number of nitrogens with one attached hydrogen (secondary N) is 1. The Kier molecular flexibility index (Phi) is 3.48. The maximum Gasteiger partial charge on any atom is 0.153 e. The summed E-state index contributed by atoms with van der Waals surface area (Å²) in [6.07, 6.45) is 3.62. The average Bonchev–Trinajstić information content (AvgIpc) is 2.56. The summed E-state index contributed by atoms with van der Waals surface area (Å²) in [6.45, 7) is 6.87. The Labute approximate surface area is 74.0 Å². The molecule has 1 aliphatic heterocycles. The summed E-state index contributed by atoms with van der Waals surface area (Å²) in [5.74, 6) is 0.319. The molecule has 1 rings (SSSR count). The number of hydrogen-bond acceptors (Lipinski definition) is 2. The zero-order valence-electron chi connectivity index (χ0n) is 7.73. The molecule has 0 amide bonds. The zero-order chi connectivity index (χ0) is 8.97. The molecule has 2 heteroatoms. The van der Waals surface area contributed by atoms with E-state index in [4.69, 9.17) is 0 Å². The molecule has 1 atom stereocenters. The topological polar surface area (TPSA) is 29.1 Å². The van der Waals surface area contributed by atoms with E-state index < -0.39 is 0 Å². The van der Waals surface area contributed by atoms with Crippen molar-refractivity contribution in [2.24, 2.45) is 0 Å². The molecule has 1 N–H and O–H groups in total. The van der Waals surface area contributed by atoms with Gasteiger partial charge in [0.05, 0.1) is 6.04 Å². The molecule has 12 heavy (non-hydrogen) atoms. The SMILES string of the molecule is C=C(CC)CC(=O)C1CCCN1. The zero-order valence-corrected chi connectivity index (χ0v) is 7.73. The summed E-state index contributed by atoms with van der Waals surface area (Å²) in [5, 5.41) is 3.20. The van der Waals surface area contributed by atoms with Crippen molar-refractivity contribution in [3.63, 3.8) is 0 Å². The van der Waals surface area contributed by atoms with Gasteiger partial charge in [0.15, 0.2) is 5.78 Å². The van der Waals surface area contributed by atoms with Crippen LogP contribution in [0.1, 0.15) is 32.6 Å². The molecule has 0 spiro atoms. The number of carbonyl (C=O) groups is 1. The van der Waals surface area contributed by atoms with Crippen molar-refractivity contribution in [3.05, 3.63) is 12.2 Å². The van der Waals surface area contributed by atoms with Crippen LogP contribution in [0.3, 0.4) is 0 Å². The molecule has 0 bridgehead atoms. The van der Waals surface area contributed by atoms with Crippen LogP contribution >= 0.6 is 0 Å². The monoisotopic (exact) mass is 167 g/mol. The lowest BCUT2D eigenvalue weighted by Crippen LogP contribution is -2.30. The first kappa shape index (κ1) is 9.46. The van der Waals surface area contributed by atoms with Gasteiger partial charge >= 0.3 is 0 Å². The molecule has 1 saturated heterocycles. The van der Waals surface area contributed by atoms with Crippen molar-refractivity contribution in [1.29, 1.82) is 0 Å². The van der Waals surface area contributed by atoms with Crippen LogP contribution in [0.25, 0.3) is 0 Å². The van der Waals surface area contributed by atoms with Gasteiger partial charge in [-0.05, 0) is 25.8 Å². The fourth-order valence-corrected chi connectivity index (χ4v) is 1.45. The largest absolute Gasteiger partial charge is 0.307 e. The quantitative estimate of drug-likeness (QED) is 0.645. The number of rotatable bonds is 4. The minimum Gasteiger partial charge on any atom is -0.307 e. The molecule has 0 radical (unpaired) electrons. The van der Waals surface area contributed by atoms with Crippen molar-refractivity contribution in [3.8, 4) is 0 Å². The molecule has 0 aromatic rings. The van der Waals surface area contributed by atoms with E-state index in [1.165, 1.54) is 0 Å². The van der Waals surface area contributed by atoms with Crippen LogP contribution in [0.15, 0.2) is 12.2 Å². The molecule has 1 unspecified atom stereocenters. The fraction of sp³-hybridized carbons (Fsp3) is 0.700. The van der Waals surface area contributed by atoms with Crippen LogP contribution in [-0.2, 0) is 4.79 Å². The first-order valence-electron chi connectivity index (χ1n) is 4.66. The van der Waals surface area contributed by atoms with Gasteiger partial charge in [-0.2, -0.15) is 0 Å². The van der Waals surface area contributed by atoms with Gasteiger partial charge in [-0.3, -0.25) is 4.79 Å². The van der Waals surface area contributed by atoms with Gasteiger partial charge < -0.3 is 5.32 Å². The molecule has 1 heterocycles. The van der Waals surface area contributed by atoms with Crippen molar-refractivity contribution in [2.45, 2.75) is 38.6 Å². The highest BCUT2D eigenvalue weighted by Gasteiger charge is 2.21. The molecule has 0 saturated carbocycles. The number of Topliss-reactive ketones (excluding diaryl/α,β-unsaturated/α-hetero) is 1. The molecule has 0 aliphatic carbocycles. The van der Waals surface area contributed by atoms with Gasteiger partial charge in [0, 0.05) is 6.42 Å². The first-order chi connectivity index (χ1) is 5.74. The summed E-state index contributed by atoms with van der Waals surface area (Å²) in [7, 11) is 0. The minimum atomic E-state index is 0.119. The molecule has 2 nitrogen and oxygen atoms in total. The third kappa shape index (κ3) is 2.45. The smallest absolute Gasteiger partial charge is 0.153 e. The Morgan fingerprint density at radius 1 is 1.67 bits per heavy atom. The maximum atomic E-state index is 11.5. The standard InChI is InChI=1S/C10H17NO/c1-3-8(2)7-10(12)9-5-4-6-11-9/h9,11H,2-7H2,1H3. The Bertz CT molecular complexity index is 180. The van der Waals surface area contributed by atoms with Crippen molar-refractivity contribution < 1.29 is 4.79 Å². The van der Waals surface area contributed by atoms with E-state index in [1.54, 1.807) is 0 Å². The summed E-state index contributed by atoms with van der Waals surface area (Å²) in [6, 6.07) is 0.119. The van der Waals surface area contributed by atoms with Crippen LogP contribution in [-0.4, -0.2) is 18.4 Å². The van der Waals surface area contributed by atoms with Gasteiger partial charge in [-0.25, -0.2) is 0 Å². The van der Waals surface area contributed by atoms with E-state index in [2.05, 4.69) is 11.9 Å². The third-order valence-electron chi connectivity index (χ3n) is 2.37. The highest BCUT2D eigenvalue weighted by molar-refractivity contribution is 5.86. The molecule has 0 aromatic carbocycles. The second-order valence-electron chi connectivity index (χ2n) is 3.40. The van der Waals surface area contributed by atoms with Gasteiger partial charge in [0.25, 0.3) is 0 Å². The summed E-state index contributed by atoms with van der Waals surface area (Å²) in [4.78, 5) is 11.5. The number of allylic oxidation sites excluding steroid dienone is 1. The lowest BCUT2D eigenvalue weighted by atomic mass is 10.0. The average molecular weight is 167 g/mol. The lowest BCUT2D eigenvalue weighted by Gasteiger charge is -2.08. The highest BCUT2D eigenvalue weighted by Crippen LogP contribution is 2.12. The predicted molar refractivity (Wildman–Crippen MR) is 50.1 cm³/mol. The molecule has 1 fully saturated rings. The van der Waals surface area contributed by atoms with E-state index >= 15 is 0 Å². The Hall–Kier alpha value is -0.630. The second kappa shape index (κ2) is 4.41. The maximum absolute atomic E-state index is 11.5. The second-order valence-corrected chi connectivity index (χ2v) is 3.40. The third-order valence-corrected chi connectivity index (χ3v) is 2.37. The molecular weight excluding hydrogens is 150 g/mol. The van der Waals surface area contributed by atoms with E-state index in [-0.39, 0.29) is 6.04 Å². The summed E-state index contributed by atoms with van der Waals surface area (Å²) < 4.78 is 0. The number of ketones is 1. The Balaban J connectivity index is 2.32. The van der Waals surface area contributed by atoms with Gasteiger partial charge in [0.2, 0.25) is 0 Å². The molecular formula is C10H17NO. The summed E-state index contributed by atoms with van der Waals surface area (Å²) in [5.41, 5.74) is 1.05. The van der Waals surface area contributed by atoms with E-state index in [9.17, 15) is 4.79 Å². The lowest BCUT2D eigenvalue weighted by molar-refractivity contribution is -0.120. The highest BCUT2D eigenvalue weighted by atomic mass is 16.1. The number of hydrogen-bond donors (Lipinski definition) is 1. The van der Waals surface area contributed by atoms with Crippen LogP contribution in [0, 0.1) is 0 Å². The molecule has 0 aromatic heterocycles. The first-order valence-corrected chi connectivity index (χ1v) is 4.66. The van der Waals surface area contributed by atoms with Crippen molar-refractivity contribution >= 4 is 5.78 Å². The minimum absolute atomic E-state index is 0.119. The van der Waals surface area contributed by atoms with Crippen LogP contribution < -0.4 is 5.32 Å². The normalized spacial score (nSPS) is 22.6. The van der Waals surface area contributed by atoms with E-state index in [0.717, 1.165) is 31.4 Å². The number of carbonyl (C=O) groups excluding carboxylic acids is 1. The van der Waals surface area contributed by atoms with Crippen molar-refractivity contribution in [1.82, 2.24) is 5.32 Å². The van der Waals surface area contributed by atoms with Crippen LogP contribution in [0.5, 0.6) is 0 Å². The predicted octanol–water partition coefficient (Wildman–Crippen LogP) is 1.66. The molecule has 68 valence electrons. The Morgan fingerprint density at radius 2 is 2.42 bits per heavy atom. The van der Waals surface area contributed by atoms with Gasteiger partial charge in [-0.1, -0.05) is 19.1 Å². The summed E-state index contributed by atoms with van der Waals surface area (Å²) >= 11 is 0.